The molecule has 2 amide bonds. The zero-order valence-corrected chi connectivity index (χ0v) is 14.4. The summed E-state index contributed by atoms with van der Waals surface area (Å²) in [5.41, 5.74) is 1.18. The first-order chi connectivity index (χ1) is 12.9. The van der Waals surface area contributed by atoms with Crippen LogP contribution in [0.1, 0.15) is 19.5 Å². The van der Waals surface area contributed by atoms with Crippen molar-refractivity contribution in [2.24, 2.45) is 0 Å². The van der Waals surface area contributed by atoms with Gasteiger partial charge in [0.2, 0.25) is 5.91 Å². The van der Waals surface area contributed by atoms with E-state index in [2.05, 4.69) is 5.32 Å². The van der Waals surface area contributed by atoms with E-state index in [1.54, 1.807) is 13.0 Å². The highest BCUT2D eigenvalue weighted by Crippen LogP contribution is 2.27. The molecule has 0 bridgehead atoms. The molecule has 1 aromatic carbocycles. The molecule has 0 aromatic heterocycles. The highest BCUT2D eigenvalue weighted by molar-refractivity contribution is 5.84. The van der Waals surface area contributed by atoms with Gasteiger partial charge in [0.15, 0.2) is 0 Å². The Morgan fingerprint density at radius 1 is 1.56 bits per heavy atom. The number of carbonyl (C=O) groups is 2. The number of benzene rings is 1. The fourth-order valence-corrected chi connectivity index (χ4v) is 2.88. The Bertz CT molecular complexity index is 895. The summed E-state index contributed by atoms with van der Waals surface area (Å²) in [6.45, 7) is 1.37. The van der Waals surface area contributed by atoms with Gasteiger partial charge in [-0.2, -0.15) is 5.26 Å². The standard InChI is InChI=1S/C19H16F2N3O3.H2/c1-11(15-4-3-14(20)7-16(15)21)23-18(25)10-24-9-13-6-12(8-22)2-5-17(13)27-19(24)26;/h2-7,11,14H,9-10H2,1H3,(H,23,25);1H/t11-,14?;/m0./s1. The van der Waals surface area contributed by atoms with E-state index in [9.17, 15) is 18.4 Å². The quantitative estimate of drug-likeness (QED) is 0.878. The van der Waals surface area contributed by atoms with Crippen molar-refractivity contribution in [1.82, 2.24) is 10.2 Å². The molecule has 1 aliphatic heterocycles. The van der Waals surface area contributed by atoms with Crippen LogP contribution in [-0.2, 0) is 11.3 Å². The molecule has 2 aliphatic rings. The maximum atomic E-state index is 13.8. The van der Waals surface area contributed by atoms with Gasteiger partial charge in [0, 0.05) is 19.0 Å². The monoisotopic (exact) mass is 374 g/mol. The van der Waals surface area contributed by atoms with E-state index in [0.29, 0.717) is 16.9 Å². The molecular weight excluding hydrogens is 356 g/mol. The Kier molecular flexibility index (Phi) is 5.21. The summed E-state index contributed by atoms with van der Waals surface area (Å²) in [6.07, 6.45) is 1.13. The largest absolute Gasteiger partial charge is 0.416 e. The lowest BCUT2D eigenvalue weighted by Gasteiger charge is -2.28. The van der Waals surface area contributed by atoms with E-state index in [1.807, 2.05) is 6.07 Å². The lowest BCUT2D eigenvalue weighted by molar-refractivity contribution is -0.122. The topological polar surface area (TPSA) is 82.4 Å². The number of halogens is 2. The number of hydrogen-bond donors (Lipinski definition) is 1. The van der Waals surface area contributed by atoms with Gasteiger partial charge in [-0.15, -0.1) is 0 Å². The molecule has 0 fully saturated rings. The number of alkyl halides is 1. The van der Waals surface area contributed by atoms with Crippen LogP contribution >= 0.6 is 0 Å². The van der Waals surface area contributed by atoms with Gasteiger partial charge in [-0.25, -0.2) is 13.6 Å². The number of allylic oxidation sites excluding steroid dienone is 2. The predicted octanol–water partition coefficient (Wildman–Crippen LogP) is 2.96. The molecule has 27 heavy (non-hydrogen) atoms. The average Bonchev–Trinajstić information content (AvgIpc) is 2.61. The summed E-state index contributed by atoms with van der Waals surface area (Å²) in [6, 6.07) is 5.96. The number of ether oxygens (including phenoxy) is 1. The van der Waals surface area contributed by atoms with Gasteiger partial charge in [-0.3, -0.25) is 9.69 Å². The van der Waals surface area contributed by atoms with Crippen molar-refractivity contribution in [2.45, 2.75) is 25.7 Å². The molecule has 0 spiro atoms. The molecule has 8 heteroatoms. The second-order valence-corrected chi connectivity index (χ2v) is 6.22. The highest BCUT2D eigenvalue weighted by atomic mass is 19.1. The van der Waals surface area contributed by atoms with Crippen LogP contribution in [0.5, 0.6) is 5.75 Å². The summed E-state index contributed by atoms with van der Waals surface area (Å²) in [5.74, 6) is -0.900. The van der Waals surface area contributed by atoms with Crippen molar-refractivity contribution < 1.29 is 24.5 Å². The van der Waals surface area contributed by atoms with Gasteiger partial charge >= 0.3 is 6.09 Å². The van der Waals surface area contributed by atoms with Gasteiger partial charge in [0.1, 0.15) is 24.3 Å². The number of fused-ring (bicyclic) bond motifs is 1. The van der Waals surface area contributed by atoms with E-state index in [0.717, 1.165) is 6.08 Å². The van der Waals surface area contributed by atoms with E-state index in [4.69, 9.17) is 10.00 Å². The molecule has 2 atom stereocenters. The van der Waals surface area contributed by atoms with Crippen LogP contribution in [0.2, 0.25) is 0 Å². The fraction of sp³-hybridized carbons (Fsp3) is 0.263. The zero-order valence-electron chi connectivity index (χ0n) is 14.4. The number of amides is 2. The number of nitrogens with zero attached hydrogens (tertiary/aromatic N) is 2. The Balaban J connectivity index is 0.00000280. The van der Waals surface area contributed by atoms with Gasteiger partial charge in [0.25, 0.3) is 0 Å². The van der Waals surface area contributed by atoms with Crippen LogP contribution in [0, 0.1) is 17.8 Å². The predicted molar refractivity (Wildman–Crippen MR) is 93.8 cm³/mol. The smallest absolute Gasteiger partial charge is 0.410 e. The van der Waals surface area contributed by atoms with E-state index in [-0.39, 0.29) is 20.1 Å². The third-order valence-electron chi connectivity index (χ3n) is 4.23. The molecule has 1 N–H and O–H groups in total. The minimum atomic E-state index is -1.49. The summed E-state index contributed by atoms with van der Waals surface area (Å²) >= 11 is 0. The maximum Gasteiger partial charge on any atom is 0.416 e. The third kappa shape index (κ3) is 4.14. The summed E-state index contributed by atoms with van der Waals surface area (Å²) < 4.78 is 32.1. The minimum Gasteiger partial charge on any atom is -0.410 e. The molecule has 0 saturated carbocycles. The average molecular weight is 374 g/mol. The van der Waals surface area contributed by atoms with Gasteiger partial charge < -0.3 is 10.1 Å². The van der Waals surface area contributed by atoms with Gasteiger partial charge in [0.05, 0.1) is 24.2 Å². The second kappa shape index (κ2) is 7.58. The summed E-state index contributed by atoms with van der Waals surface area (Å²) in [4.78, 5) is 25.5. The van der Waals surface area contributed by atoms with Crippen molar-refractivity contribution in [1.29, 1.82) is 5.26 Å². The second-order valence-electron chi connectivity index (χ2n) is 6.22. The Morgan fingerprint density at radius 3 is 3.04 bits per heavy atom. The Hall–Kier alpha value is -3.21. The number of hydrogen-bond acceptors (Lipinski definition) is 4. The highest BCUT2D eigenvalue weighted by Gasteiger charge is 2.28. The van der Waals surface area contributed by atoms with E-state index >= 15 is 0 Å². The van der Waals surface area contributed by atoms with Crippen LogP contribution < -0.4 is 10.1 Å². The maximum absolute atomic E-state index is 13.8. The molecule has 1 heterocycles. The number of nitriles is 1. The van der Waals surface area contributed by atoms with Crippen molar-refractivity contribution in [3.8, 4) is 11.8 Å². The van der Waals surface area contributed by atoms with Crippen molar-refractivity contribution >= 4 is 12.0 Å². The lowest BCUT2D eigenvalue weighted by atomic mass is 9.99. The van der Waals surface area contributed by atoms with Crippen molar-refractivity contribution in [3.63, 3.8) is 0 Å². The van der Waals surface area contributed by atoms with E-state index in [1.165, 1.54) is 29.5 Å². The van der Waals surface area contributed by atoms with Gasteiger partial charge in [-0.1, -0.05) is 6.08 Å². The van der Waals surface area contributed by atoms with Crippen LogP contribution in [0.25, 0.3) is 0 Å². The molecule has 1 unspecified atom stereocenters. The lowest BCUT2D eigenvalue weighted by Crippen LogP contribution is -2.46. The molecule has 1 radical (unpaired) electrons. The van der Waals surface area contributed by atoms with Crippen LogP contribution in [-0.4, -0.2) is 35.7 Å². The molecule has 1 aromatic rings. The van der Waals surface area contributed by atoms with Crippen LogP contribution in [0.15, 0.2) is 41.8 Å². The van der Waals surface area contributed by atoms with Crippen LogP contribution in [0.3, 0.4) is 0 Å². The third-order valence-corrected chi connectivity index (χ3v) is 4.23. The Labute approximate surface area is 156 Å². The molecule has 1 aliphatic carbocycles. The molecule has 3 rings (SSSR count). The minimum absolute atomic E-state index is 0. The molecule has 141 valence electrons. The fourth-order valence-electron chi connectivity index (χ4n) is 2.88. The SMILES string of the molecule is C[C@H](NC(=O)CN1Cc2cc(C#N)ccc2OC1=O)C1=C[CH]C(F)C=C1F.[HH]. The summed E-state index contributed by atoms with van der Waals surface area (Å²) in [7, 11) is 0. The first-order valence-electron chi connectivity index (χ1n) is 8.23. The normalized spacial score (nSPS) is 19.9. The molecule has 0 saturated heterocycles. The zero-order chi connectivity index (χ0) is 19.6. The van der Waals surface area contributed by atoms with E-state index < -0.39 is 30.0 Å². The Morgan fingerprint density at radius 2 is 2.33 bits per heavy atom. The van der Waals surface area contributed by atoms with Crippen LogP contribution in [0.4, 0.5) is 13.6 Å². The van der Waals surface area contributed by atoms with Crippen molar-refractivity contribution in [2.75, 3.05) is 6.54 Å². The number of rotatable bonds is 4. The first kappa shape index (κ1) is 18.6. The first-order valence-corrected chi connectivity index (χ1v) is 8.23. The van der Waals surface area contributed by atoms with Gasteiger partial charge in [-0.05, 0) is 31.2 Å². The number of nitrogens with one attached hydrogen (secondary N) is 1. The van der Waals surface area contributed by atoms with Crippen molar-refractivity contribution in [3.05, 3.63) is 59.3 Å². The molecule has 6 nitrogen and oxygen atoms in total. The molecular formula is C19H18F2N3O3. The number of carbonyl (C=O) groups excluding carboxylic acids is 2. The summed E-state index contributed by atoms with van der Waals surface area (Å²) in [5, 5.41) is 11.5.